The van der Waals surface area contributed by atoms with Gasteiger partial charge in [-0.1, -0.05) is 0 Å². The van der Waals surface area contributed by atoms with Gasteiger partial charge in [-0.3, -0.25) is 0 Å². The van der Waals surface area contributed by atoms with Crippen LogP contribution < -0.4 is 0 Å². The van der Waals surface area contributed by atoms with Crippen LogP contribution in [-0.2, 0) is 13.1 Å². The number of hydrogen-bond acceptors (Lipinski definition) is 6. The second kappa shape index (κ2) is 10.5. The normalized spacial score (nSPS) is 13.3. The number of rotatable bonds is 9. The van der Waals surface area contributed by atoms with E-state index in [0.717, 1.165) is 23.1 Å². The Bertz CT molecular complexity index is 942. The van der Waals surface area contributed by atoms with Gasteiger partial charge in [-0.05, 0) is 0 Å². The Morgan fingerprint density at radius 3 is 1.40 bits per heavy atom. The molecule has 0 bridgehead atoms. The number of benzene rings is 2. The summed E-state index contributed by atoms with van der Waals surface area (Å²) in [4.78, 5) is 0.642. The molecule has 30 heavy (non-hydrogen) atoms. The molecule has 0 amide bonds. The Kier molecular flexibility index (Phi) is 7.49. The van der Waals surface area contributed by atoms with Crippen molar-refractivity contribution in [2.24, 2.45) is 0 Å². The van der Waals surface area contributed by atoms with Crippen LogP contribution in [0.3, 0.4) is 0 Å². The summed E-state index contributed by atoms with van der Waals surface area (Å²) in [7, 11) is 0. The number of nitrogens with zero attached hydrogens (tertiary/aromatic N) is 8. The Balaban J connectivity index is 1.54. The van der Waals surface area contributed by atoms with E-state index in [-0.39, 0.29) is 0 Å². The first kappa shape index (κ1) is 21.4. The fraction of sp³-hybridized carbons (Fsp3) is 0.222. The summed E-state index contributed by atoms with van der Waals surface area (Å²) in [6.45, 7) is 1.46. The molecular weight excluding hydrogens is 557 g/mol. The quantitative estimate of drug-likeness (QED) is 0.286. The molecule has 0 fully saturated rings. The molecule has 2 unspecified atom stereocenters. The molecule has 0 saturated carbocycles. The second-order valence-electron chi connectivity index (χ2n) is 6.34. The summed E-state index contributed by atoms with van der Waals surface area (Å²) >= 11 is 12.8. The fourth-order valence-corrected chi connectivity index (χ4v) is 12.3. The van der Waals surface area contributed by atoms with Gasteiger partial charge in [0.05, 0.1) is 0 Å². The van der Waals surface area contributed by atoms with E-state index in [4.69, 9.17) is 23.2 Å². The number of aromatic nitrogens is 8. The minimum absolute atomic E-state index is 0.311. The molecule has 4 aromatic rings. The van der Waals surface area contributed by atoms with E-state index in [1.54, 1.807) is 22.0 Å². The summed E-state index contributed by atoms with van der Waals surface area (Å²) in [5.41, 5.74) is 2.49. The summed E-state index contributed by atoms with van der Waals surface area (Å²) < 4.78 is 3.57. The van der Waals surface area contributed by atoms with Gasteiger partial charge in [-0.25, -0.2) is 0 Å². The number of tetrazole rings is 2. The van der Waals surface area contributed by atoms with E-state index < -0.39 is 0 Å². The van der Waals surface area contributed by atoms with E-state index >= 15 is 0 Å². The average molecular weight is 573 g/mol. The third-order valence-corrected chi connectivity index (χ3v) is 14.0. The predicted octanol–water partition coefficient (Wildman–Crippen LogP) is 2.47. The minimum atomic E-state index is 0.311. The molecule has 0 N–H and O–H groups in total. The Morgan fingerprint density at radius 1 is 0.667 bits per heavy atom. The molecule has 12 heteroatoms. The van der Waals surface area contributed by atoms with E-state index in [9.17, 15) is 0 Å². The Morgan fingerprint density at radius 2 is 1.07 bits per heavy atom. The van der Waals surface area contributed by atoms with Crippen molar-refractivity contribution in [1.82, 2.24) is 40.4 Å². The van der Waals surface area contributed by atoms with Gasteiger partial charge in [0.25, 0.3) is 0 Å². The maximum atomic E-state index is 6.10. The molecule has 4 rings (SSSR count). The van der Waals surface area contributed by atoms with Crippen molar-refractivity contribution >= 4 is 49.5 Å². The van der Waals surface area contributed by atoms with Crippen LogP contribution in [0.15, 0.2) is 61.2 Å². The van der Waals surface area contributed by atoms with Gasteiger partial charge in [-0.2, -0.15) is 0 Å². The molecule has 0 radical (unpaired) electrons. The van der Waals surface area contributed by atoms with Crippen LogP contribution in [0.25, 0.3) is 0 Å². The van der Waals surface area contributed by atoms with Gasteiger partial charge < -0.3 is 0 Å². The van der Waals surface area contributed by atoms with Gasteiger partial charge in [0, 0.05) is 0 Å². The van der Waals surface area contributed by atoms with E-state index in [2.05, 4.69) is 55.3 Å². The van der Waals surface area contributed by atoms with Gasteiger partial charge >= 0.3 is 195 Å². The van der Waals surface area contributed by atoms with E-state index in [1.807, 2.05) is 24.3 Å². The standard InChI is InChI=1S/C18H16Cl2N8Se2/c19-15-5-1-13(2-6-15)17(9-27-11-21-23-25-27)29-30-18(10-28-12-22-24-26-28)14-3-7-16(20)8-4-14/h1-8,11-12,17-18H,9-10H2. The molecule has 154 valence electrons. The first-order chi connectivity index (χ1) is 14.7. The predicted molar refractivity (Wildman–Crippen MR) is 116 cm³/mol. The van der Waals surface area contributed by atoms with Crippen LogP contribution in [-0.4, -0.2) is 66.7 Å². The third kappa shape index (κ3) is 5.88. The molecule has 8 nitrogen and oxygen atoms in total. The van der Waals surface area contributed by atoms with Crippen molar-refractivity contribution in [1.29, 1.82) is 0 Å². The van der Waals surface area contributed by atoms with Crippen LogP contribution in [0.5, 0.6) is 0 Å². The molecule has 0 saturated heterocycles. The number of hydrogen-bond donors (Lipinski definition) is 0. The van der Waals surface area contributed by atoms with Crippen molar-refractivity contribution < 1.29 is 0 Å². The molecule has 2 heterocycles. The first-order valence-corrected chi connectivity index (χ1v) is 16.0. The van der Waals surface area contributed by atoms with Gasteiger partial charge in [0.2, 0.25) is 0 Å². The molecule has 2 atom stereocenters. The summed E-state index contributed by atoms with van der Waals surface area (Å²) in [6.07, 6.45) is 3.31. The van der Waals surface area contributed by atoms with Crippen LogP contribution >= 0.6 is 23.2 Å². The van der Waals surface area contributed by atoms with Gasteiger partial charge in [-0.15, -0.1) is 0 Å². The van der Waals surface area contributed by atoms with Crippen LogP contribution in [0, 0.1) is 0 Å². The monoisotopic (exact) mass is 574 g/mol. The van der Waals surface area contributed by atoms with Crippen LogP contribution in [0.2, 0.25) is 10.0 Å². The summed E-state index contributed by atoms with van der Waals surface area (Å²) in [6, 6.07) is 16.1. The molecule has 0 aliphatic rings. The van der Waals surface area contributed by atoms with Crippen molar-refractivity contribution in [2.75, 3.05) is 0 Å². The molecule has 0 aliphatic carbocycles. The maximum absolute atomic E-state index is 6.10. The zero-order valence-corrected chi connectivity index (χ0v) is 20.4. The van der Waals surface area contributed by atoms with Crippen molar-refractivity contribution in [3.05, 3.63) is 82.4 Å². The molecule has 2 aromatic heterocycles. The van der Waals surface area contributed by atoms with Crippen molar-refractivity contribution in [3.8, 4) is 0 Å². The zero-order valence-electron chi connectivity index (χ0n) is 15.5. The van der Waals surface area contributed by atoms with E-state index in [1.165, 1.54) is 11.1 Å². The zero-order chi connectivity index (χ0) is 20.8. The first-order valence-electron chi connectivity index (χ1n) is 8.92. The van der Waals surface area contributed by atoms with Crippen molar-refractivity contribution in [2.45, 2.75) is 22.7 Å². The molecule has 0 spiro atoms. The van der Waals surface area contributed by atoms with Gasteiger partial charge in [0.1, 0.15) is 0 Å². The van der Waals surface area contributed by atoms with Crippen LogP contribution in [0.1, 0.15) is 20.8 Å². The second-order valence-corrected chi connectivity index (χ2v) is 14.6. The van der Waals surface area contributed by atoms with Crippen LogP contribution in [0.4, 0.5) is 0 Å². The SMILES string of the molecule is Clc1ccc(C(Cn2cnnn2)[Se][Se]C(Cn2cnnn2)c2ccc(Cl)cc2)cc1. The molecular formula is C18H16Cl2N8Se2. The summed E-state index contributed by atoms with van der Waals surface area (Å²) in [5, 5.41) is 24.7. The third-order valence-electron chi connectivity index (χ3n) is 4.26. The number of halogens is 2. The topological polar surface area (TPSA) is 87.2 Å². The Hall–Kier alpha value is -1.80. The molecule has 0 aliphatic heterocycles. The molecule has 2 aromatic carbocycles. The van der Waals surface area contributed by atoms with E-state index in [0.29, 0.717) is 35.9 Å². The van der Waals surface area contributed by atoms with Gasteiger partial charge in [0.15, 0.2) is 0 Å². The summed E-state index contributed by atoms with van der Waals surface area (Å²) in [5.74, 6) is 0. The fourth-order valence-electron chi connectivity index (χ4n) is 2.74. The Labute approximate surface area is 194 Å². The van der Waals surface area contributed by atoms with Crippen molar-refractivity contribution in [3.63, 3.8) is 0 Å². The average Bonchev–Trinajstić information content (AvgIpc) is 3.46.